The molecular weight excluding hydrogens is 369 g/mol. The topological polar surface area (TPSA) is 90.9 Å². The number of nitrogens with one attached hydrogen (secondary N) is 1. The number of esters is 1. The summed E-state index contributed by atoms with van der Waals surface area (Å²) in [4.78, 5) is 23.7. The van der Waals surface area contributed by atoms with Gasteiger partial charge in [-0.3, -0.25) is 9.36 Å². The van der Waals surface area contributed by atoms with E-state index in [9.17, 15) is 14.2 Å². The van der Waals surface area contributed by atoms with Crippen LogP contribution in [0.5, 0.6) is 0 Å². The van der Waals surface area contributed by atoms with Crippen LogP contribution >= 0.6 is 7.37 Å². The van der Waals surface area contributed by atoms with Gasteiger partial charge in [-0.25, -0.2) is 4.79 Å². The van der Waals surface area contributed by atoms with Crippen LogP contribution in [0.15, 0.2) is 30.3 Å². The van der Waals surface area contributed by atoms with Gasteiger partial charge in [0.15, 0.2) is 0 Å². The highest BCUT2D eigenvalue weighted by atomic mass is 31.2. The van der Waals surface area contributed by atoms with Crippen LogP contribution in [0.4, 0.5) is 4.79 Å². The van der Waals surface area contributed by atoms with Crippen molar-refractivity contribution in [2.75, 3.05) is 33.1 Å². The Labute approximate surface area is 161 Å². The van der Waals surface area contributed by atoms with E-state index >= 15 is 0 Å². The fraction of sp³-hybridized carbons (Fsp3) is 0.579. The smallest absolute Gasteiger partial charge is 0.407 e. The van der Waals surface area contributed by atoms with Gasteiger partial charge in [0.2, 0.25) is 7.37 Å². The van der Waals surface area contributed by atoms with E-state index in [1.165, 1.54) is 14.2 Å². The Morgan fingerprint density at radius 2 is 1.89 bits per heavy atom. The van der Waals surface area contributed by atoms with Gasteiger partial charge in [-0.1, -0.05) is 50.1 Å². The lowest BCUT2D eigenvalue weighted by molar-refractivity contribution is -0.145. The summed E-state index contributed by atoms with van der Waals surface area (Å²) in [6.45, 7) is 2.33. The van der Waals surface area contributed by atoms with E-state index in [4.69, 9.17) is 14.0 Å². The molecule has 0 saturated carbocycles. The van der Waals surface area contributed by atoms with Crippen LogP contribution in [0.25, 0.3) is 0 Å². The third-order valence-corrected chi connectivity index (χ3v) is 6.77. The van der Waals surface area contributed by atoms with Gasteiger partial charge in [-0.05, 0) is 12.0 Å². The van der Waals surface area contributed by atoms with E-state index in [-0.39, 0.29) is 31.4 Å². The van der Waals surface area contributed by atoms with Crippen molar-refractivity contribution in [2.45, 2.75) is 32.8 Å². The molecule has 0 aliphatic heterocycles. The normalized spacial score (nSPS) is 14.0. The first-order chi connectivity index (χ1) is 12.9. The molecule has 0 fully saturated rings. The number of rotatable bonds is 12. The molecule has 8 heteroatoms. The highest BCUT2D eigenvalue weighted by Gasteiger charge is 2.31. The van der Waals surface area contributed by atoms with Gasteiger partial charge in [-0.2, -0.15) is 0 Å². The summed E-state index contributed by atoms with van der Waals surface area (Å²) in [6, 6.07) is 9.32. The second-order valence-electron chi connectivity index (χ2n) is 6.25. The third kappa shape index (κ3) is 9.07. The lowest BCUT2D eigenvalue weighted by Gasteiger charge is -2.21. The average molecular weight is 399 g/mol. The molecule has 1 amide bonds. The number of carbonyl (C=O) groups is 2. The first-order valence-corrected chi connectivity index (χ1v) is 11.1. The molecule has 0 aliphatic rings. The van der Waals surface area contributed by atoms with Crippen LogP contribution in [0.3, 0.4) is 0 Å². The number of unbranched alkanes of at least 4 members (excludes halogenated alkanes) is 1. The third-order valence-electron chi connectivity index (χ3n) is 4.21. The van der Waals surface area contributed by atoms with Crippen molar-refractivity contribution in [1.29, 1.82) is 0 Å². The van der Waals surface area contributed by atoms with E-state index in [0.29, 0.717) is 6.42 Å². The largest absolute Gasteiger partial charge is 0.469 e. The van der Waals surface area contributed by atoms with Crippen molar-refractivity contribution in [1.82, 2.24) is 5.32 Å². The van der Waals surface area contributed by atoms with Crippen LogP contribution in [-0.4, -0.2) is 45.2 Å². The summed E-state index contributed by atoms with van der Waals surface area (Å²) in [5.41, 5.74) is 0.882. The predicted octanol–water partition coefficient (Wildman–Crippen LogP) is 3.82. The fourth-order valence-electron chi connectivity index (χ4n) is 2.60. The summed E-state index contributed by atoms with van der Waals surface area (Å²) in [7, 11) is -0.381. The van der Waals surface area contributed by atoms with Gasteiger partial charge >= 0.3 is 12.1 Å². The molecule has 0 aromatic heterocycles. The Hall–Kier alpha value is -1.85. The maximum absolute atomic E-state index is 12.9. The Kier molecular flexibility index (Phi) is 10.8. The molecule has 0 aliphatic carbocycles. The number of hydrogen-bond acceptors (Lipinski definition) is 6. The zero-order valence-electron chi connectivity index (χ0n) is 16.3. The zero-order chi connectivity index (χ0) is 20.1. The van der Waals surface area contributed by atoms with Crippen molar-refractivity contribution in [3.05, 3.63) is 35.9 Å². The second-order valence-corrected chi connectivity index (χ2v) is 9.06. The van der Waals surface area contributed by atoms with E-state index in [2.05, 4.69) is 5.32 Å². The van der Waals surface area contributed by atoms with E-state index in [1.807, 2.05) is 37.3 Å². The first-order valence-electron chi connectivity index (χ1n) is 9.10. The number of hydrogen-bond donors (Lipinski definition) is 1. The fourth-order valence-corrected chi connectivity index (χ4v) is 4.57. The quantitative estimate of drug-likeness (QED) is 0.424. The molecule has 2 atom stereocenters. The van der Waals surface area contributed by atoms with Crippen LogP contribution in [0.1, 0.15) is 31.7 Å². The number of carbonyl (C=O) groups excluding carboxylic acids is 2. The molecule has 7 nitrogen and oxygen atoms in total. The van der Waals surface area contributed by atoms with Crippen molar-refractivity contribution < 1.29 is 28.2 Å². The minimum absolute atomic E-state index is 0.108. The molecule has 0 radical (unpaired) electrons. The van der Waals surface area contributed by atoms with E-state index in [1.54, 1.807) is 0 Å². The minimum atomic E-state index is -3.07. The van der Waals surface area contributed by atoms with Crippen molar-refractivity contribution in [3.8, 4) is 0 Å². The summed E-state index contributed by atoms with van der Waals surface area (Å²) in [5.74, 6) is -0.846. The van der Waals surface area contributed by atoms with Gasteiger partial charge in [0.25, 0.3) is 0 Å². The molecule has 152 valence electrons. The molecule has 1 aromatic rings. The average Bonchev–Trinajstić information content (AvgIpc) is 2.69. The number of ether oxygens (including phenoxy) is 2. The molecule has 27 heavy (non-hydrogen) atoms. The summed E-state index contributed by atoms with van der Waals surface area (Å²) in [5, 5.41) is 2.57. The van der Waals surface area contributed by atoms with Crippen LogP contribution in [-0.2, 0) is 30.0 Å². The highest BCUT2D eigenvalue weighted by molar-refractivity contribution is 7.59. The molecule has 1 rings (SSSR count). The second kappa shape index (κ2) is 12.5. The molecule has 1 N–H and O–H groups in total. The van der Waals surface area contributed by atoms with Crippen molar-refractivity contribution in [2.24, 2.45) is 5.92 Å². The maximum Gasteiger partial charge on any atom is 0.407 e. The Morgan fingerprint density at radius 3 is 2.48 bits per heavy atom. The standard InChI is InChI=1S/C19H30NO6P/c1-4-5-11-17(18(21)24-2)15-27(23,25-3)13-12-20-19(22)26-14-16-9-7-6-8-10-16/h6-10,17H,4-5,11-15H2,1-3H3,(H,20,22). The minimum Gasteiger partial charge on any atom is -0.469 e. The van der Waals surface area contributed by atoms with Gasteiger partial charge in [-0.15, -0.1) is 0 Å². The number of amides is 1. The predicted molar refractivity (Wildman–Crippen MR) is 104 cm³/mol. The van der Waals surface area contributed by atoms with Gasteiger partial charge in [0.1, 0.15) is 6.61 Å². The van der Waals surface area contributed by atoms with Crippen LogP contribution in [0, 0.1) is 5.92 Å². The first kappa shape index (κ1) is 23.2. The lowest BCUT2D eigenvalue weighted by Crippen LogP contribution is -2.28. The van der Waals surface area contributed by atoms with Crippen molar-refractivity contribution in [3.63, 3.8) is 0 Å². The molecule has 0 saturated heterocycles. The number of benzene rings is 1. The monoisotopic (exact) mass is 399 g/mol. The SMILES string of the molecule is CCCCC(CP(=O)(CCNC(=O)OCc1ccccc1)OC)C(=O)OC. The molecule has 1 aromatic carbocycles. The number of methoxy groups -OCH3 is 1. The van der Waals surface area contributed by atoms with E-state index in [0.717, 1.165) is 18.4 Å². The molecule has 0 bridgehead atoms. The Bertz CT molecular complexity index is 622. The summed E-state index contributed by atoms with van der Waals surface area (Å²) >= 11 is 0. The van der Waals surface area contributed by atoms with Gasteiger partial charge in [0.05, 0.1) is 13.0 Å². The zero-order valence-corrected chi connectivity index (χ0v) is 17.2. The summed E-state index contributed by atoms with van der Waals surface area (Å²) < 4.78 is 28.0. The molecule has 2 unspecified atom stereocenters. The molecule has 0 heterocycles. The maximum atomic E-state index is 12.9. The van der Waals surface area contributed by atoms with Crippen LogP contribution in [0.2, 0.25) is 0 Å². The van der Waals surface area contributed by atoms with Gasteiger partial charge < -0.3 is 19.3 Å². The Morgan fingerprint density at radius 1 is 1.19 bits per heavy atom. The van der Waals surface area contributed by atoms with Gasteiger partial charge in [0, 0.05) is 26.0 Å². The lowest BCUT2D eigenvalue weighted by atomic mass is 10.0. The Balaban J connectivity index is 2.46. The van der Waals surface area contributed by atoms with Crippen molar-refractivity contribution >= 4 is 19.4 Å². The molecule has 0 spiro atoms. The van der Waals surface area contributed by atoms with E-state index < -0.39 is 19.4 Å². The summed E-state index contributed by atoms with van der Waals surface area (Å²) in [6.07, 6.45) is 2.02. The number of alkyl carbamates (subject to hydrolysis) is 1. The molecular formula is C19H30NO6P. The van der Waals surface area contributed by atoms with Crippen LogP contribution < -0.4 is 5.32 Å². The highest BCUT2D eigenvalue weighted by Crippen LogP contribution is 2.48.